The van der Waals surface area contributed by atoms with Crippen LogP contribution in [0.4, 0.5) is 0 Å². The summed E-state index contributed by atoms with van der Waals surface area (Å²) in [7, 11) is 0. The second-order valence-corrected chi connectivity index (χ2v) is 1.18. The van der Waals surface area contributed by atoms with Crippen molar-refractivity contribution in [1.82, 2.24) is 4.98 Å². The number of carboxylic acid groups (broad SMARTS) is 1. The van der Waals surface area contributed by atoms with Crippen LogP contribution in [0, 0.1) is 0 Å². The number of nitrogens with zero attached hydrogens (tertiary/aromatic N) is 1. The van der Waals surface area contributed by atoms with Gasteiger partial charge in [-0.2, -0.15) is 0 Å². The molecule has 0 saturated carbocycles. The average Bonchev–Trinajstić information content (AvgIpc) is 2.12. The molecule has 0 aliphatic heterocycles. The molecule has 1 N–H and O–H groups in total. The molecular weight excluding hydrogens is 181 g/mol. The van der Waals surface area contributed by atoms with Crippen molar-refractivity contribution in [3.05, 3.63) is 18.4 Å². The molecule has 0 aliphatic rings. The Morgan fingerprint density at radius 3 is 2.40 bits per heavy atom. The number of halogens is 2. The van der Waals surface area contributed by atoms with E-state index < -0.39 is 5.97 Å². The Morgan fingerprint density at radius 1 is 1.60 bits per heavy atom. The first-order valence-corrected chi connectivity index (χ1v) is 1.92. The number of hydrogen-bond acceptors (Lipinski definition) is 3. The van der Waals surface area contributed by atoms with Gasteiger partial charge in [0.2, 0.25) is 0 Å². The van der Waals surface area contributed by atoms with E-state index in [-0.39, 0.29) is 30.5 Å². The Balaban J connectivity index is 0. The molecule has 0 unspecified atom stereocenters. The highest BCUT2D eigenvalue weighted by Crippen LogP contribution is 1.91. The first kappa shape index (κ1) is 12.0. The lowest BCUT2D eigenvalue weighted by Crippen LogP contribution is -1.94. The summed E-state index contributed by atoms with van der Waals surface area (Å²) >= 11 is 0. The summed E-state index contributed by atoms with van der Waals surface area (Å²) in [4.78, 5) is 13.3. The Bertz CT molecular complexity index is 186. The van der Waals surface area contributed by atoms with E-state index in [0.29, 0.717) is 0 Å². The zero-order chi connectivity index (χ0) is 5.98. The second kappa shape index (κ2) is 5.08. The molecule has 0 spiro atoms. The van der Waals surface area contributed by atoms with E-state index in [4.69, 9.17) is 5.11 Å². The minimum absolute atomic E-state index is 0. The third-order valence-corrected chi connectivity index (χ3v) is 0.651. The maximum absolute atomic E-state index is 9.94. The lowest BCUT2D eigenvalue weighted by atomic mass is 10.5. The lowest BCUT2D eigenvalue weighted by Gasteiger charge is -1.75. The Labute approximate surface area is 69.1 Å². The van der Waals surface area contributed by atoms with E-state index >= 15 is 0 Å². The number of carboxylic acids is 1. The maximum Gasteiger partial charge on any atom is 0.357 e. The van der Waals surface area contributed by atoms with Gasteiger partial charge in [-0.3, -0.25) is 0 Å². The van der Waals surface area contributed by atoms with E-state index in [0.717, 1.165) is 12.7 Å². The smallest absolute Gasteiger partial charge is 0.357 e. The zero-order valence-corrected chi connectivity index (χ0v) is 6.32. The van der Waals surface area contributed by atoms with Gasteiger partial charge in [0.15, 0.2) is 12.1 Å². The van der Waals surface area contributed by atoms with Crippen LogP contribution in [0.2, 0.25) is 0 Å². The van der Waals surface area contributed by atoms with Gasteiger partial charge in [0.05, 0.1) is 0 Å². The van der Waals surface area contributed by atoms with E-state index in [1.165, 1.54) is 0 Å². The van der Waals surface area contributed by atoms with Gasteiger partial charge in [-0.15, -0.1) is 24.8 Å². The summed E-state index contributed by atoms with van der Waals surface area (Å²) in [6.07, 6.45) is 2.14. The van der Waals surface area contributed by atoms with Crippen LogP contribution in [0.15, 0.2) is 17.1 Å². The van der Waals surface area contributed by atoms with Crippen molar-refractivity contribution in [3.63, 3.8) is 0 Å². The van der Waals surface area contributed by atoms with Gasteiger partial charge in [0, 0.05) is 0 Å². The van der Waals surface area contributed by atoms with E-state index in [2.05, 4.69) is 9.40 Å². The topological polar surface area (TPSA) is 63.3 Å². The minimum atomic E-state index is -1.07. The van der Waals surface area contributed by atoms with E-state index in [1.807, 2.05) is 0 Å². The van der Waals surface area contributed by atoms with Gasteiger partial charge in [0.1, 0.15) is 6.26 Å². The molecule has 1 aromatic heterocycles. The molecule has 58 valence electrons. The highest BCUT2D eigenvalue weighted by atomic mass is 35.5. The van der Waals surface area contributed by atoms with Gasteiger partial charge in [-0.05, 0) is 0 Å². The quantitative estimate of drug-likeness (QED) is 0.715. The molecule has 1 aromatic rings. The van der Waals surface area contributed by atoms with Crippen LogP contribution in [0.5, 0.6) is 0 Å². The van der Waals surface area contributed by atoms with Gasteiger partial charge < -0.3 is 9.52 Å². The van der Waals surface area contributed by atoms with Gasteiger partial charge in [-0.25, -0.2) is 9.78 Å². The number of carbonyl (C=O) groups is 1. The molecule has 0 atom stereocenters. The average molecular weight is 186 g/mol. The van der Waals surface area contributed by atoms with Crippen LogP contribution in [0.25, 0.3) is 0 Å². The molecule has 0 radical (unpaired) electrons. The fraction of sp³-hybridized carbons (Fsp3) is 0. The zero-order valence-electron chi connectivity index (χ0n) is 4.68. The third kappa shape index (κ3) is 2.70. The van der Waals surface area contributed by atoms with Crippen LogP contribution in [0.3, 0.4) is 0 Å². The largest absolute Gasteiger partial charge is 0.476 e. The molecule has 1 rings (SSSR count). The van der Waals surface area contributed by atoms with Crippen molar-refractivity contribution in [2.45, 2.75) is 0 Å². The number of aromatic carboxylic acids is 1. The van der Waals surface area contributed by atoms with Crippen molar-refractivity contribution in [2.75, 3.05) is 0 Å². The predicted octanol–water partition coefficient (Wildman–Crippen LogP) is 1.22. The fourth-order valence-electron chi connectivity index (χ4n) is 0.318. The minimum Gasteiger partial charge on any atom is -0.476 e. The molecule has 0 aliphatic carbocycles. The second-order valence-electron chi connectivity index (χ2n) is 1.18. The molecule has 10 heavy (non-hydrogen) atoms. The molecule has 0 saturated heterocycles. The standard InChI is InChI=1S/C4H3NO3.2ClH/c6-4(7)3-1-8-2-5-3;;/h1-2H,(H,6,7);2*1H. The van der Waals surface area contributed by atoms with Crippen molar-refractivity contribution in [1.29, 1.82) is 0 Å². The summed E-state index contributed by atoms with van der Waals surface area (Å²) in [5.74, 6) is -1.07. The summed E-state index contributed by atoms with van der Waals surface area (Å²) < 4.78 is 4.38. The van der Waals surface area contributed by atoms with Gasteiger partial charge >= 0.3 is 5.97 Å². The molecule has 0 bridgehead atoms. The number of hydrogen-bond donors (Lipinski definition) is 1. The normalized spacial score (nSPS) is 7.20. The molecule has 4 nitrogen and oxygen atoms in total. The fourth-order valence-corrected chi connectivity index (χ4v) is 0.318. The molecule has 1 heterocycles. The van der Waals surface area contributed by atoms with E-state index in [1.54, 1.807) is 0 Å². The Kier molecular flexibility index (Phi) is 6.09. The monoisotopic (exact) mass is 185 g/mol. The van der Waals surface area contributed by atoms with Crippen LogP contribution < -0.4 is 0 Å². The summed E-state index contributed by atoms with van der Waals surface area (Å²) in [6.45, 7) is 0. The Morgan fingerprint density at radius 2 is 2.20 bits per heavy atom. The summed E-state index contributed by atoms with van der Waals surface area (Å²) in [5, 5.41) is 8.15. The maximum atomic E-state index is 9.94. The first-order valence-electron chi connectivity index (χ1n) is 1.92. The van der Waals surface area contributed by atoms with Crippen LogP contribution >= 0.6 is 24.8 Å². The van der Waals surface area contributed by atoms with Crippen molar-refractivity contribution in [2.24, 2.45) is 0 Å². The van der Waals surface area contributed by atoms with Crippen molar-refractivity contribution in [3.8, 4) is 0 Å². The molecule has 6 heteroatoms. The summed E-state index contributed by atoms with van der Waals surface area (Å²) in [6, 6.07) is 0. The van der Waals surface area contributed by atoms with Gasteiger partial charge in [-0.1, -0.05) is 0 Å². The SMILES string of the molecule is Cl.Cl.O=C(O)c1cocn1. The number of aromatic nitrogens is 1. The number of oxazole rings is 1. The predicted molar refractivity (Wildman–Crippen MR) is 38.0 cm³/mol. The third-order valence-electron chi connectivity index (χ3n) is 0.651. The van der Waals surface area contributed by atoms with Crippen molar-refractivity contribution < 1.29 is 14.3 Å². The van der Waals surface area contributed by atoms with Crippen molar-refractivity contribution >= 4 is 30.8 Å². The Hall–Kier alpha value is -0.740. The molecule has 0 amide bonds. The van der Waals surface area contributed by atoms with Crippen LogP contribution in [-0.2, 0) is 0 Å². The lowest BCUT2D eigenvalue weighted by molar-refractivity contribution is 0.0690. The highest BCUT2D eigenvalue weighted by molar-refractivity contribution is 5.85. The van der Waals surface area contributed by atoms with Crippen LogP contribution in [-0.4, -0.2) is 16.1 Å². The van der Waals surface area contributed by atoms with Gasteiger partial charge in [0.25, 0.3) is 0 Å². The molecular formula is C4H5Cl2NO3. The molecule has 0 fully saturated rings. The van der Waals surface area contributed by atoms with Crippen LogP contribution in [0.1, 0.15) is 10.5 Å². The summed E-state index contributed by atoms with van der Waals surface area (Å²) in [5.41, 5.74) is -0.0648. The number of rotatable bonds is 1. The van der Waals surface area contributed by atoms with E-state index in [9.17, 15) is 4.79 Å². The highest BCUT2D eigenvalue weighted by Gasteiger charge is 2.02. The first-order chi connectivity index (χ1) is 3.80. The molecule has 0 aromatic carbocycles.